The lowest BCUT2D eigenvalue weighted by Gasteiger charge is -2.22. The Bertz CT molecular complexity index is 614. The molecule has 2 rings (SSSR count). The Hall–Kier alpha value is -1.31. The van der Waals surface area contributed by atoms with Gasteiger partial charge in [-0.15, -0.1) is 0 Å². The highest BCUT2D eigenvalue weighted by Crippen LogP contribution is 2.38. The van der Waals surface area contributed by atoms with Crippen LogP contribution in [0.4, 0.5) is 4.79 Å². The van der Waals surface area contributed by atoms with Gasteiger partial charge in [0, 0.05) is 20.7 Å². The Labute approximate surface area is 118 Å². The number of ether oxygens (including phenoxy) is 1. The van der Waals surface area contributed by atoms with Crippen LogP contribution in [0.2, 0.25) is 0 Å². The maximum Gasteiger partial charge on any atom is 0.410 e. The van der Waals surface area contributed by atoms with Gasteiger partial charge in [0.15, 0.2) is 5.75 Å². The van der Waals surface area contributed by atoms with E-state index in [-0.39, 0.29) is 5.41 Å². The molecule has 0 aliphatic heterocycles. The number of aromatic nitrogens is 2. The Kier molecular flexibility index (Phi) is 3.22. The largest absolute Gasteiger partial charge is 0.410 e. The first-order valence-electron chi connectivity index (χ1n) is 5.44. The molecule has 5 nitrogen and oxygen atoms in total. The van der Waals surface area contributed by atoms with Gasteiger partial charge in [0.2, 0.25) is 0 Å². The zero-order valence-electron chi connectivity index (χ0n) is 10.4. The maximum absolute atomic E-state index is 11.0. The molecule has 96 valence electrons. The van der Waals surface area contributed by atoms with Crippen molar-refractivity contribution in [3.63, 3.8) is 0 Å². The molecule has 2 aromatic rings. The fraction of sp³-hybridized carbons (Fsp3) is 0.333. The topological polar surface area (TPSA) is 81.0 Å². The van der Waals surface area contributed by atoms with Crippen molar-refractivity contribution >= 4 is 39.7 Å². The number of primary amides is 1. The monoisotopic (exact) mass is 359 g/mol. The van der Waals surface area contributed by atoms with Crippen molar-refractivity contribution < 1.29 is 9.53 Å². The highest BCUT2D eigenvalue weighted by atomic mass is 127. The standard InChI is InChI=1S/C12H14IN3O2/c1-12(2,3)9-7(18-11(14)17)5-16-10-8(9)6(13)4-15-10/h4-5H,1-3H3,(H2,14,17)(H,15,16). The third kappa shape index (κ3) is 2.29. The second kappa shape index (κ2) is 4.42. The van der Waals surface area contributed by atoms with Crippen LogP contribution >= 0.6 is 22.6 Å². The predicted molar refractivity (Wildman–Crippen MR) is 77.7 cm³/mol. The number of amides is 1. The molecule has 0 aliphatic rings. The smallest absolute Gasteiger partial charge is 0.409 e. The van der Waals surface area contributed by atoms with Crippen LogP contribution in [0.1, 0.15) is 26.3 Å². The van der Waals surface area contributed by atoms with Crippen molar-refractivity contribution in [1.82, 2.24) is 9.97 Å². The van der Waals surface area contributed by atoms with E-state index in [9.17, 15) is 4.79 Å². The van der Waals surface area contributed by atoms with Gasteiger partial charge in [0.1, 0.15) is 5.65 Å². The second-order valence-corrected chi connectivity index (χ2v) is 6.19. The van der Waals surface area contributed by atoms with Crippen molar-refractivity contribution in [3.05, 3.63) is 21.5 Å². The highest BCUT2D eigenvalue weighted by Gasteiger charge is 2.25. The number of hydrogen-bond donors (Lipinski definition) is 2. The Morgan fingerprint density at radius 2 is 2.17 bits per heavy atom. The number of pyridine rings is 1. The molecule has 2 heterocycles. The molecule has 0 radical (unpaired) electrons. The number of H-pyrrole nitrogens is 1. The van der Waals surface area contributed by atoms with Gasteiger partial charge in [-0.2, -0.15) is 0 Å². The molecule has 1 amide bonds. The van der Waals surface area contributed by atoms with Crippen LogP contribution in [0.15, 0.2) is 12.4 Å². The van der Waals surface area contributed by atoms with Gasteiger partial charge in [-0.1, -0.05) is 20.8 Å². The lowest BCUT2D eigenvalue weighted by atomic mass is 9.85. The molecule has 18 heavy (non-hydrogen) atoms. The SMILES string of the molecule is CC(C)(C)c1c(OC(N)=O)cnc2[nH]cc(I)c12. The fourth-order valence-electron chi connectivity index (χ4n) is 1.97. The van der Waals surface area contributed by atoms with E-state index in [4.69, 9.17) is 10.5 Å². The van der Waals surface area contributed by atoms with Crippen molar-refractivity contribution in [3.8, 4) is 5.75 Å². The number of halogens is 1. The van der Waals surface area contributed by atoms with Crippen LogP contribution in [-0.2, 0) is 5.41 Å². The second-order valence-electron chi connectivity index (χ2n) is 5.03. The summed E-state index contributed by atoms with van der Waals surface area (Å²) in [7, 11) is 0. The third-order valence-corrected chi connectivity index (χ3v) is 3.43. The van der Waals surface area contributed by atoms with E-state index in [1.165, 1.54) is 6.20 Å². The first kappa shape index (κ1) is 13.1. The zero-order chi connectivity index (χ0) is 13.5. The van der Waals surface area contributed by atoms with Crippen LogP contribution in [0, 0.1) is 3.57 Å². The van der Waals surface area contributed by atoms with E-state index < -0.39 is 6.09 Å². The van der Waals surface area contributed by atoms with Crippen LogP contribution in [0.25, 0.3) is 11.0 Å². The number of rotatable bonds is 1. The average Bonchev–Trinajstić information content (AvgIpc) is 2.58. The maximum atomic E-state index is 11.0. The van der Waals surface area contributed by atoms with Gasteiger partial charge < -0.3 is 15.5 Å². The van der Waals surface area contributed by atoms with Crippen molar-refractivity contribution in [2.75, 3.05) is 0 Å². The van der Waals surface area contributed by atoms with E-state index >= 15 is 0 Å². The summed E-state index contributed by atoms with van der Waals surface area (Å²) in [6.45, 7) is 6.16. The van der Waals surface area contributed by atoms with Crippen LogP contribution in [0.5, 0.6) is 5.75 Å². The molecule has 0 atom stereocenters. The first-order chi connectivity index (χ1) is 8.30. The van der Waals surface area contributed by atoms with Gasteiger partial charge in [-0.3, -0.25) is 0 Å². The van der Waals surface area contributed by atoms with Crippen LogP contribution < -0.4 is 10.5 Å². The van der Waals surface area contributed by atoms with Crippen molar-refractivity contribution in [1.29, 1.82) is 0 Å². The molecule has 0 fully saturated rings. The molecule has 0 bridgehead atoms. The summed E-state index contributed by atoms with van der Waals surface area (Å²) < 4.78 is 6.10. The zero-order valence-corrected chi connectivity index (χ0v) is 12.5. The summed E-state index contributed by atoms with van der Waals surface area (Å²) >= 11 is 2.23. The number of nitrogens with zero attached hydrogens (tertiary/aromatic N) is 1. The molecule has 0 saturated heterocycles. The Morgan fingerprint density at radius 3 is 2.72 bits per heavy atom. The molecular formula is C12H14IN3O2. The molecule has 0 spiro atoms. The minimum atomic E-state index is -0.827. The van der Waals surface area contributed by atoms with Gasteiger partial charge in [0.05, 0.1) is 6.20 Å². The third-order valence-electron chi connectivity index (χ3n) is 2.58. The number of aromatic amines is 1. The molecular weight excluding hydrogens is 345 g/mol. The summed E-state index contributed by atoms with van der Waals surface area (Å²) in [6.07, 6.45) is 2.58. The van der Waals surface area contributed by atoms with E-state index in [1.54, 1.807) is 0 Å². The predicted octanol–water partition coefficient (Wildman–Crippen LogP) is 2.92. The number of carbonyl (C=O) groups is 1. The van der Waals surface area contributed by atoms with Gasteiger partial charge >= 0.3 is 6.09 Å². The molecule has 6 heteroatoms. The van der Waals surface area contributed by atoms with Gasteiger partial charge in [-0.25, -0.2) is 9.78 Å². The molecule has 3 N–H and O–H groups in total. The van der Waals surface area contributed by atoms with Gasteiger partial charge in [-0.05, 0) is 28.0 Å². The van der Waals surface area contributed by atoms with Crippen LogP contribution in [0.3, 0.4) is 0 Å². The molecule has 0 aliphatic carbocycles. The summed E-state index contributed by atoms with van der Waals surface area (Å²) in [5.74, 6) is 0.417. The lowest BCUT2D eigenvalue weighted by molar-refractivity contribution is 0.210. The average molecular weight is 359 g/mol. The van der Waals surface area contributed by atoms with Crippen molar-refractivity contribution in [2.24, 2.45) is 5.73 Å². The van der Waals surface area contributed by atoms with Crippen LogP contribution in [-0.4, -0.2) is 16.1 Å². The van der Waals surface area contributed by atoms with E-state index in [0.717, 1.165) is 20.2 Å². The van der Waals surface area contributed by atoms with Crippen molar-refractivity contribution in [2.45, 2.75) is 26.2 Å². The number of nitrogens with one attached hydrogen (secondary N) is 1. The number of carbonyl (C=O) groups excluding carboxylic acids is 1. The minimum Gasteiger partial charge on any atom is -0.409 e. The normalized spacial score (nSPS) is 11.8. The molecule has 0 aromatic carbocycles. The lowest BCUT2D eigenvalue weighted by Crippen LogP contribution is -2.21. The molecule has 0 saturated carbocycles. The van der Waals surface area contributed by atoms with E-state index in [0.29, 0.717) is 5.75 Å². The fourth-order valence-corrected chi connectivity index (χ4v) is 2.65. The Balaban J connectivity index is 2.78. The minimum absolute atomic E-state index is 0.186. The van der Waals surface area contributed by atoms with Gasteiger partial charge in [0.25, 0.3) is 0 Å². The number of hydrogen-bond acceptors (Lipinski definition) is 3. The highest BCUT2D eigenvalue weighted by molar-refractivity contribution is 14.1. The summed E-state index contributed by atoms with van der Waals surface area (Å²) in [6, 6.07) is 0. The summed E-state index contributed by atoms with van der Waals surface area (Å²) in [4.78, 5) is 18.3. The summed E-state index contributed by atoms with van der Waals surface area (Å²) in [5, 5.41) is 0.974. The van der Waals surface area contributed by atoms with E-state index in [1.807, 2.05) is 6.20 Å². The van der Waals surface area contributed by atoms with E-state index in [2.05, 4.69) is 53.3 Å². The summed E-state index contributed by atoms with van der Waals surface area (Å²) in [5.41, 5.74) is 6.62. The number of nitrogens with two attached hydrogens (primary N) is 1. The Morgan fingerprint density at radius 1 is 1.50 bits per heavy atom. The molecule has 2 aromatic heterocycles. The molecule has 0 unspecified atom stereocenters. The number of fused-ring (bicyclic) bond motifs is 1. The first-order valence-corrected chi connectivity index (χ1v) is 6.52. The quantitative estimate of drug-likeness (QED) is 0.769.